The van der Waals surface area contributed by atoms with Crippen LogP contribution in [0.5, 0.6) is 0 Å². The Morgan fingerprint density at radius 3 is 3.11 bits per heavy atom. The van der Waals surface area contributed by atoms with Crippen LogP contribution in [0.25, 0.3) is 0 Å². The van der Waals surface area contributed by atoms with Crippen LogP contribution in [0.4, 0.5) is 0 Å². The monoisotopic (exact) mass is 128 g/mol. The van der Waals surface area contributed by atoms with Gasteiger partial charge in [-0.15, -0.1) is 0 Å². The summed E-state index contributed by atoms with van der Waals surface area (Å²) >= 11 is 0. The SMILES string of the molecule is COC(=O)C1C[CH]CN1. The lowest BCUT2D eigenvalue weighted by Crippen LogP contribution is -2.31. The van der Waals surface area contributed by atoms with Gasteiger partial charge in [0.2, 0.25) is 0 Å². The number of hydrogen-bond donors (Lipinski definition) is 1. The molecule has 0 bridgehead atoms. The van der Waals surface area contributed by atoms with E-state index in [1.165, 1.54) is 7.11 Å². The lowest BCUT2D eigenvalue weighted by atomic mass is 10.2. The number of methoxy groups -OCH3 is 1. The zero-order valence-corrected chi connectivity index (χ0v) is 5.39. The van der Waals surface area contributed by atoms with Gasteiger partial charge in [0.15, 0.2) is 0 Å². The highest BCUT2D eigenvalue weighted by Crippen LogP contribution is 2.04. The largest absolute Gasteiger partial charge is 0.468 e. The molecule has 0 aromatic heterocycles. The summed E-state index contributed by atoms with van der Waals surface area (Å²) in [5.74, 6) is -0.163. The van der Waals surface area contributed by atoms with E-state index < -0.39 is 0 Å². The average Bonchev–Trinajstić information content (AvgIpc) is 2.37. The van der Waals surface area contributed by atoms with Crippen LogP contribution in [0, 0.1) is 6.42 Å². The smallest absolute Gasteiger partial charge is 0.322 e. The molecular weight excluding hydrogens is 118 g/mol. The van der Waals surface area contributed by atoms with Crippen LogP contribution in [-0.2, 0) is 9.53 Å². The summed E-state index contributed by atoms with van der Waals surface area (Å²) in [6.07, 6.45) is 2.83. The van der Waals surface area contributed by atoms with Crippen molar-refractivity contribution in [3.05, 3.63) is 6.42 Å². The molecule has 1 radical (unpaired) electrons. The summed E-state index contributed by atoms with van der Waals surface area (Å²) in [6.45, 7) is 0.819. The summed E-state index contributed by atoms with van der Waals surface area (Å²) in [4.78, 5) is 10.7. The van der Waals surface area contributed by atoms with Crippen LogP contribution in [0.1, 0.15) is 6.42 Å². The van der Waals surface area contributed by atoms with Crippen LogP contribution in [0.2, 0.25) is 0 Å². The number of esters is 1. The summed E-state index contributed by atoms with van der Waals surface area (Å²) in [5.41, 5.74) is 0. The Hall–Kier alpha value is -0.570. The van der Waals surface area contributed by atoms with Gasteiger partial charge in [0.25, 0.3) is 0 Å². The van der Waals surface area contributed by atoms with Crippen molar-refractivity contribution in [1.29, 1.82) is 0 Å². The van der Waals surface area contributed by atoms with E-state index in [1.54, 1.807) is 0 Å². The molecule has 0 aromatic carbocycles. The van der Waals surface area contributed by atoms with Crippen molar-refractivity contribution in [2.45, 2.75) is 12.5 Å². The number of hydrogen-bond acceptors (Lipinski definition) is 3. The van der Waals surface area contributed by atoms with Crippen molar-refractivity contribution in [2.24, 2.45) is 0 Å². The molecule has 51 valence electrons. The summed E-state index contributed by atoms with van der Waals surface area (Å²) in [5, 5.41) is 2.98. The lowest BCUT2D eigenvalue weighted by Gasteiger charge is -2.04. The summed E-state index contributed by atoms with van der Waals surface area (Å²) < 4.78 is 4.51. The van der Waals surface area contributed by atoms with E-state index in [4.69, 9.17) is 0 Å². The Morgan fingerprint density at radius 2 is 2.67 bits per heavy atom. The van der Waals surface area contributed by atoms with Gasteiger partial charge in [0.1, 0.15) is 6.04 Å². The fourth-order valence-electron chi connectivity index (χ4n) is 0.881. The van der Waals surface area contributed by atoms with Gasteiger partial charge in [0.05, 0.1) is 7.11 Å². The minimum Gasteiger partial charge on any atom is -0.468 e. The molecule has 1 atom stereocenters. The first-order chi connectivity index (χ1) is 4.34. The van der Waals surface area contributed by atoms with Crippen LogP contribution in [0.15, 0.2) is 0 Å². The molecule has 0 amide bonds. The minimum atomic E-state index is -0.163. The molecular formula is C6H10NO2. The molecule has 1 saturated heterocycles. The van der Waals surface area contributed by atoms with Crippen LogP contribution >= 0.6 is 0 Å². The lowest BCUT2D eigenvalue weighted by molar-refractivity contribution is -0.142. The fourth-order valence-corrected chi connectivity index (χ4v) is 0.881. The molecule has 1 fully saturated rings. The molecule has 1 heterocycles. The quantitative estimate of drug-likeness (QED) is 0.494. The third kappa shape index (κ3) is 1.42. The molecule has 3 heteroatoms. The maximum atomic E-state index is 10.7. The maximum absolute atomic E-state index is 10.7. The molecule has 3 nitrogen and oxygen atoms in total. The molecule has 0 saturated carbocycles. The van der Waals surface area contributed by atoms with Crippen molar-refractivity contribution in [3.8, 4) is 0 Å². The predicted octanol–water partition coefficient (Wildman–Crippen LogP) is -0.274. The van der Waals surface area contributed by atoms with E-state index in [0.717, 1.165) is 13.0 Å². The van der Waals surface area contributed by atoms with Crippen LogP contribution in [-0.4, -0.2) is 25.7 Å². The van der Waals surface area contributed by atoms with E-state index in [9.17, 15) is 4.79 Å². The fraction of sp³-hybridized carbons (Fsp3) is 0.667. The molecule has 9 heavy (non-hydrogen) atoms. The molecule has 1 unspecified atom stereocenters. The first kappa shape index (κ1) is 6.55. The average molecular weight is 128 g/mol. The third-order valence-electron chi connectivity index (χ3n) is 1.40. The molecule has 1 aliphatic heterocycles. The van der Waals surface area contributed by atoms with Gasteiger partial charge in [-0.25, -0.2) is 0 Å². The maximum Gasteiger partial charge on any atom is 0.322 e. The number of ether oxygens (including phenoxy) is 1. The van der Waals surface area contributed by atoms with Crippen molar-refractivity contribution >= 4 is 5.97 Å². The van der Waals surface area contributed by atoms with Gasteiger partial charge in [-0.2, -0.15) is 0 Å². The summed E-state index contributed by atoms with van der Waals surface area (Å²) in [6, 6.07) is -0.0880. The second kappa shape index (κ2) is 2.82. The Labute approximate surface area is 54.4 Å². The first-order valence-electron chi connectivity index (χ1n) is 2.97. The molecule has 0 aromatic rings. The zero-order chi connectivity index (χ0) is 6.69. The predicted molar refractivity (Wildman–Crippen MR) is 32.7 cm³/mol. The second-order valence-electron chi connectivity index (χ2n) is 2.01. The Balaban J connectivity index is 2.32. The molecule has 1 rings (SSSR count). The van der Waals surface area contributed by atoms with Crippen molar-refractivity contribution in [3.63, 3.8) is 0 Å². The highest BCUT2D eigenvalue weighted by molar-refractivity contribution is 5.76. The first-order valence-corrected chi connectivity index (χ1v) is 2.97. The Morgan fingerprint density at radius 1 is 1.89 bits per heavy atom. The minimum absolute atomic E-state index is 0.0880. The topological polar surface area (TPSA) is 38.3 Å². The van der Waals surface area contributed by atoms with Crippen molar-refractivity contribution < 1.29 is 9.53 Å². The highest BCUT2D eigenvalue weighted by atomic mass is 16.5. The number of nitrogens with one attached hydrogen (secondary N) is 1. The standard InChI is InChI=1S/C6H10NO2/c1-9-6(8)5-3-2-4-7-5/h2,5,7H,3-4H2,1H3. The van der Waals surface area contributed by atoms with E-state index >= 15 is 0 Å². The Kier molecular flexibility index (Phi) is 2.05. The number of rotatable bonds is 1. The second-order valence-corrected chi connectivity index (χ2v) is 2.01. The van der Waals surface area contributed by atoms with Gasteiger partial charge in [0, 0.05) is 0 Å². The number of carbonyl (C=O) groups excluding carboxylic acids is 1. The van der Waals surface area contributed by atoms with Gasteiger partial charge in [-0.3, -0.25) is 4.79 Å². The van der Waals surface area contributed by atoms with E-state index in [2.05, 4.69) is 10.1 Å². The van der Waals surface area contributed by atoms with E-state index in [1.807, 2.05) is 6.42 Å². The van der Waals surface area contributed by atoms with Crippen molar-refractivity contribution in [2.75, 3.05) is 13.7 Å². The van der Waals surface area contributed by atoms with Crippen LogP contribution < -0.4 is 5.32 Å². The van der Waals surface area contributed by atoms with Gasteiger partial charge < -0.3 is 10.1 Å². The third-order valence-corrected chi connectivity index (χ3v) is 1.40. The highest BCUT2D eigenvalue weighted by Gasteiger charge is 2.21. The Bertz CT molecular complexity index is 108. The van der Waals surface area contributed by atoms with E-state index in [-0.39, 0.29) is 12.0 Å². The van der Waals surface area contributed by atoms with Crippen molar-refractivity contribution in [1.82, 2.24) is 5.32 Å². The summed E-state index contributed by atoms with van der Waals surface area (Å²) in [7, 11) is 1.41. The molecule has 0 aliphatic carbocycles. The van der Waals surface area contributed by atoms with Gasteiger partial charge >= 0.3 is 5.97 Å². The van der Waals surface area contributed by atoms with Gasteiger partial charge in [-0.1, -0.05) is 0 Å². The normalized spacial score (nSPS) is 26.1. The van der Waals surface area contributed by atoms with Gasteiger partial charge in [-0.05, 0) is 19.4 Å². The molecule has 1 N–H and O–H groups in total. The molecule has 1 aliphatic rings. The molecule has 0 spiro atoms. The van der Waals surface area contributed by atoms with E-state index in [0.29, 0.717) is 0 Å². The number of carbonyl (C=O) groups is 1. The zero-order valence-electron chi connectivity index (χ0n) is 5.39. The van der Waals surface area contributed by atoms with Crippen LogP contribution in [0.3, 0.4) is 0 Å².